The average Bonchev–Trinajstić information content (AvgIpc) is 3.53. The molecule has 0 unspecified atom stereocenters. The zero-order valence-electron chi connectivity index (χ0n) is 18.7. The third-order valence-electron chi connectivity index (χ3n) is 5.02. The van der Waals surface area contributed by atoms with Crippen molar-refractivity contribution >= 4 is 17.5 Å². The molecule has 4 rings (SSSR count). The van der Waals surface area contributed by atoms with Crippen LogP contribution in [0.15, 0.2) is 42.5 Å². The quantitative estimate of drug-likeness (QED) is 0.514. The maximum absolute atomic E-state index is 12.7. The third kappa shape index (κ3) is 5.46. The monoisotopic (exact) mass is 450 g/mol. The van der Waals surface area contributed by atoms with Crippen LogP contribution in [-0.2, 0) is 4.79 Å². The second-order valence-corrected chi connectivity index (χ2v) is 8.09. The number of hydrogen-bond donors (Lipinski definition) is 2. The Morgan fingerprint density at radius 3 is 2.55 bits per heavy atom. The topological polar surface area (TPSA) is 120 Å². The molecule has 2 N–H and O–H groups in total. The molecule has 1 aliphatic carbocycles. The van der Waals surface area contributed by atoms with E-state index in [2.05, 4.69) is 26.2 Å². The van der Waals surface area contributed by atoms with Gasteiger partial charge in [0.2, 0.25) is 0 Å². The number of rotatable bonds is 9. The van der Waals surface area contributed by atoms with Gasteiger partial charge in [0, 0.05) is 22.9 Å². The van der Waals surface area contributed by atoms with Crippen LogP contribution in [0.25, 0.3) is 11.4 Å². The molecule has 1 fully saturated rings. The van der Waals surface area contributed by atoms with Crippen molar-refractivity contribution < 1.29 is 19.1 Å². The highest BCUT2D eigenvalue weighted by molar-refractivity contribution is 6.04. The van der Waals surface area contributed by atoms with Gasteiger partial charge in [0.1, 0.15) is 0 Å². The summed E-state index contributed by atoms with van der Waals surface area (Å²) >= 11 is 0. The number of anilines is 1. The van der Waals surface area contributed by atoms with Gasteiger partial charge < -0.3 is 20.1 Å². The number of carbonyl (C=O) groups is 2. The Hall–Kier alpha value is -3.95. The molecule has 0 aliphatic heterocycles. The third-order valence-corrected chi connectivity index (χ3v) is 5.02. The molecular weight excluding hydrogens is 424 g/mol. The van der Waals surface area contributed by atoms with Crippen molar-refractivity contribution in [2.75, 3.05) is 19.0 Å². The summed E-state index contributed by atoms with van der Waals surface area (Å²) in [7, 11) is 1.48. The number of methoxy groups -OCH3 is 1. The smallest absolute Gasteiger partial charge is 0.258 e. The number of tetrazole rings is 1. The Labute approximate surface area is 191 Å². The number of amides is 2. The van der Waals surface area contributed by atoms with E-state index in [1.807, 2.05) is 30.7 Å². The van der Waals surface area contributed by atoms with Crippen LogP contribution in [0.3, 0.4) is 0 Å². The van der Waals surface area contributed by atoms with Crippen LogP contribution in [0.2, 0.25) is 0 Å². The fraction of sp³-hybridized carbons (Fsp3) is 0.348. The summed E-state index contributed by atoms with van der Waals surface area (Å²) in [5.41, 5.74) is 1.92. The zero-order valence-corrected chi connectivity index (χ0v) is 18.7. The van der Waals surface area contributed by atoms with E-state index >= 15 is 0 Å². The van der Waals surface area contributed by atoms with Crippen molar-refractivity contribution in [2.24, 2.45) is 0 Å². The predicted octanol–water partition coefficient (Wildman–Crippen LogP) is 2.84. The first-order valence-electron chi connectivity index (χ1n) is 10.7. The van der Waals surface area contributed by atoms with Crippen molar-refractivity contribution in [2.45, 2.75) is 38.8 Å². The molecule has 0 bridgehead atoms. The molecule has 33 heavy (non-hydrogen) atoms. The number of nitrogens with one attached hydrogen (secondary N) is 2. The van der Waals surface area contributed by atoms with E-state index in [1.54, 1.807) is 30.3 Å². The summed E-state index contributed by atoms with van der Waals surface area (Å²) in [6, 6.07) is 12.6. The van der Waals surface area contributed by atoms with Gasteiger partial charge >= 0.3 is 0 Å². The molecule has 2 amide bonds. The highest BCUT2D eigenvalue weighted by Gasteiger charge is 2.28. The second-order valence-electron chi connectivity index (χ2n) is 8.09. The Kier molecular flexibility index (Phi) is 6.53. The van der Waals surface area contributed by atoms with E-state index in [0.29, 0.717) is 28.8 Å². The average molecular weight is 450 g/mol. The molecule has 1 aromatic heterocycles. The van der Waals surface area contributed by atoms with Gasteiger partial charge in [-0.05, 0) is 79.6 Å². The summed E-state index contributed by atoms with van der Waals surface area (Å²) < 4.78 is 12.7. The SMILES string of the molecule is COc1cc(C(=O)Nc2ccc(-c3nnnn3C3CC3)cc2)ccc1OCC(=O)NC(C)C. The van der Waals surface area contributed by atoms with Gasteiger partial charge in [0.15, 0.2) is 23.9 Å². The van der Waals surface area contributed by atoms with E-state index in [4.69, 9.17) is 9.47 Å². The van der Waals surface area contributed by atoms with E-state index in [-0.39, 0.29) is 24.5 Å². The van der Waals surface area contributed by atoms with Gasteiger partial charge in [-0.1, -0.05) is 0 Å². The molecule has 3 aromatic rings. The van der Waals surface area contributed by atoms with Crippen LogP contribution in [0, 0.1) is 0 Å². The largest absolute Gasteiger partial charge is 0.493 e. The van der Waals surface area contributed by atoms with Gasteiger partial charge in [-0.2, -0.15) is 0 Å². The molecule has 1 aliphatic rings. The van der Waals surface area contributed by atoms with E-state index < -0.39 is 0 Å². The van der Waals surface area contributed by atoms with Gasteiger partial charge in [-0.15, -0.1) is 5.10 Å². The Bertz CT molecular complexity index is 1140. The zero-order chi connectivity index (χ0) is 23.4. The van der Waals surface area contributed by atoms with Gasteiger partial charge in [-0.25, -0.2) is 4.68 Å². The second kappa shape index (κ2) is 9.68. The molecule has 2 aromatic carbocycles. The first-order valence-corrected chi connectivity index (χ1v) is 10.7. The summed E-state index contributed by atoms with van der Waals surface area (Å²) in [4.78, 5) is 24.5. The fourth-order valence-corrected chi connectivity index (χ4v) is 3.29. The van der Waals surface area contributed by atoms with Crippen LogP contribution in [-0.4, -0.2) is 51.8 Å². The Morgan fingerprint density at radius 1 is 1.12 bits per heavy atom. The van der Waals surface area contributed by atoms with Crippen LogP contribution >= 0.6 is 0 Å². The van der Waals surface area contributed by atoms with Gasteiger partial charge in [-0.3, -0.25) is 9.59 Å². The maximum Gasteiger partial charge on any atom is 0.258 e. The van der Waals surface area contributed by atoms with E-state index in [1.165, 1.54) is 7.11 Å². The fourth-order valence-electron chi connectivity index (χ4n) is 3.29. The normalized spacial score (nSPS) is 13.0. The molecule has 0 atom stereocenters. The molecule has 1 heterocycles. The molecule has 172 valence electrons. The minimum atomic E-state index is -0.298. The lowest BCUT2D eigenvalue weighted by Crippen LogP contribution is -2.34. The van der Waals surface area contributed by atoms with Gasteiger partial charge in [0.05, 0.1) is 13.2 Å². The molecule has 10 nitrogen and oxygen atoms in total. The summed E-state index contributed by atoms with van der Waals surface area (Å²) in [6.07, 6.45) is 2.18. The lowest BCUT2D eigenvalue weighted by molar-refractivity contribution is -0.123. The van der Waals surface area contributed by atoms with E-state index in [0.717, 1.165) is 24.2 Å². The number of benzene rings is 2. The Balaban J connectivity index is 1.40. The van der Waals surface area contributed by atoms with Crippen molar-refractivity contribution in [1.82, 2.24) is 25.5 Å². The minimum Gasteiger partial charge on any atom is -0.493 e. The molecule has 0 spiro atoms. The Morgan fingerprint density at radius 2 is 1.88 bits per heavy atom. The molecule has 0 saturated heterocycles. The maximum atomic E-state index is 12.7. The molecular formula is C23H26N6O4. The van der Waals surface area contributed by atoms with Gasteiger partial charge in [0.25, 0.3) is 11.8 Å². The summed E-state index contributed by atoms with van der Waals surface area (Å²) in [6.45, 7) is 3.60. The lowest BCUT2D eigenvalue weighted by Gasteiger charge is -2.13. The van der Waals surface area contributed by atoms with Crippen molar-refractivity contribution in [3.05, 3.63) is 48.0 Å². The molecule has 10 heteroatoms. The van der Waals surface area contributed by atoms with Crippen LogP contribution in [0.5, 0.6) is 11.5 Å². The number of ether oxygens (including phenoxy) is 2. The first kappa shape index (κ1) is 22.3. The summed E-state index contributed by atoms with van der Waals surface area (Å²) in [5, 5.41) is 17.6. The van der Waals surface area contributed by atoms with Crippen molar-refractivity contribution in [3.8, 4) is 22.9 Å². The first-order chi connectivity index (χ1) is 15.9. The highest BCUT2D eigenvalue weighted by atomic mass is 16.5. The lowest BCUT2D eigenvalue weighted by atomic mass is 10.1. The minimum absolute atomic E-state index is 0.0245. The van der Waals surface area contributed by atoms with Crippen molar-refractivity contribution in [3.63, 3.8) is 0 Å². The van der Waals surface area contributed by atoms with Crippen LogP contribution < -0.4 is 20.1 Å². The number of aromatic nitrogens is 4. The number of hydrogen-bond acceptors (Lipinski definition) is 7. The van der Waals surface area contributed by atoms with Crippen molar-refractivity contribution in [1.29, 1.82) is 0 Å². The predicted molar refractivity (Wildman–Crippen MR) is 121 cm³/mol. The summed E-state index contributed by atoms with van der Waals surface area (Å²) in [5.74, 6) is 0.933. The molecule has 0 radical (unpaired) electrons. The molecule has 1 saturated carbocycles. The van der Waals surface area contributed by atoms with Crippen LogP contribution in [0.1, 0.15) is 43.1 Å². The highest BCUT2D eigenvalue weighted by Crippen LogP contribution is 2.36. The number of nitrogens with zero attached hydrogens (tertiary/aromatic N) is 4. The van der Waals surface area contributed by atoms with Crippen LogP contribution in [0.4, 0.5) is 5.69 Å². The number of carbonyl (C=O) groups excluding carboxylic acids is 2. The van der Waals surface area contributed by atoms with E-state index in [9.17, 15) is 9.59 Å². The standard InChI is InChI=1S/C23H26N6O4/c1-14(2)24-21(30)13-33-19-11-6-16(12-20(19)32-3)23(31)25-17-7-4-15(5-8-17)22-26-27-28-29(22)18-9-10-18/h4-8,11-12,14,18H,9-10,13H2,1-3H3,(H,24,30)(H,25,31).